The molecule has 0 atom stereocenters. The van der Waals surface area contributed by atoms with Gasteiger partial charge in [-0.25, -0.2) is 17.5 Å². The molecule has 6 heteroatoms. The molecule has 1 aromatic carbocycles. The second-order valence-electron chi connectivity index (χ2n) is 6.56. The quantitative estimate of drug-likeness (QED) is 0.868. The van der Waals surface area contributed by atoms with E-state index >= 15 is 0 Å². The number of hydrogen-bond acceptors (Lipinski definition) is 2. The molecule has 0 spiro atoms. The molecule has 3 rings (SSSR count). The number of aromatic nitrogens is 1. The highest BCUT2D eigenvalue weighted by Crippen LogP contribution is 2.38. The molecule has 0 aliphatic heterocycles. The smallest absolute Gasteiger partial charge is 0.240 e. The molecule has 2 aromatic rings. The summed E-state index contributed by atoms with van der Waals surface area (Å²) in [7, 11) is -3.62. The van der Waals surface area contributed by atoms with Crippen molar-refractivity contribution in [1.82, 2.24) is 9.29 Å². The van der Waals surface area contributed by atoms with Crippen molar-refractivity contribution < 1.29 is 12.8 Å². The van der Waals surface area contributed by atoms with Crippen molar-refractivity contribution >= 4 is 10.0 Å². The average molecular weight is 350 g/mol. The molecule has 1 aromatic heterocycles. The van der Waals surface area contributed by atoms with Crippen molar-refractivity contribution in [2.45, 2.75) is 51.0 Å². The summed E-state index contributed by atoms with van der Waals surface area (Å²) < 4.78 is 42.9. The molecule has 1 fully saturated rings. The topological polar surface area (TPSA) is 51.1 Å². The van der Waals surface area contributed by atoms with E-state index in [2.05, 4.69) is 29.2 Å². The lowest BCUT2D eigenvalue weighted by molar-refractivity contribution is 0.579. The summed E-state index contributed by atoms with van der Waals surface area (Å²) in [6, 6.07) is 6.48. The maximum Gasteiger partial charge on any atom is 0.240 e. The number of sulfonamides is 1. The number of rotatable bonds is 6. The molecular formula is C18H23FN2O2S. The second kappa shape index (κ2) is 6.33. The Hall–Kier alpha value is -1.66. The molecule has 0 saturated heterocycles. The van der Waals surface area contributed by atoms with Gasteiger partial charge >= 0.3 is 0 Å². The fourth-order valence-corrected chi connectivity index (χ4v) is 4.56. The normalized spacial score (nSPS) is 15.0. The van der Waals surface area contributed by atoms with Gasteiger partial charge in [0, 0.05) is 24.0 Å². The zero-order valence-corrected chi connectivity index (χ0v) is 15.1. The molecule has 0 amide bonds. The van der Waals surface area contributed by atoms with Gasteiger partial charge in [0.2, 0.25) is 10.0 Å². The zero-order chi connectivity index (χ0) is 17.5. The van der Waals surface area contributed by atoms with Gasteiger partial charge in [-0.05, 0) is 75.4 Å². The van der Waals surface area contributed by atoms with Crippen LogP contribution in [0.25, 0.3) is 0 Å². The van der Waals surface area contributed by atoms with Crippen LogP contribution >= 0.6 is 0 Å². The Balaban J connectivity index is 1.69. The lowest BCUT2D eigenvalue weighted by Crippen LogP contribution is -2.26. The van der Waals surface area contributed by atoms with Crippen LogP contribution in [0.3, 0.4) is 0 Å². The van der Waals surface area contributed by atoms with Crippen LogP contribution in [0.4, 0.5) is 4.39 Å². The molecule has 0 bridgehead atoms. The van der Waals surface area contributed by atoms with Crippen LogP contribution in [0, 0.1) is 26.6 Å². The summed E-state index contributed by atoms with van der Waals surface area (Å²) >= 11 is 0. The standard InChI is InChI=1S/C18H23FN2O2S/c1-12-10-16(19)4-7-18(12)24(22,23)20-9-8-15-11-13(2)21(14(15)3)17-5-6-17/h4,7,10-11,17,20H,5-6,8-9H2,1-3H3. The van der Waals surface area contributed by atoms with E-state index in [1.165, 1.54) is 48.0 Å². The number of benzene rings is 1. The van der Waals surface area contributed by atoms with E-state index in [1.54, 1.807) is 6.92 Å². The summed E-state index contributed by atoms with van der Waals surface area (Å²) in [4.78, 5) is 0.132. The summed E-state index contributed by atoms with van der Waals surface area (Å²) in [5.41, 5.74) is 4.06. The molecule has 24 heavy (non-hydrogen) atoms. The first kappa shape index (κ1) is 17.2. The third-order valence-electron chi connectivity index (χ3n) is 4.61. The molecule has 1 aliphatic rings. The molecule has 0 radical (unpaired) electrons. The number of hydrogen-bond donors (Lipinski definition) is 1. The minimum atomic E-state index is -3.62. The molecule has 1 N–H and O–H groups in total. The van der Waals surface area contributed by atoms with Crippen LogP contribution in [0.1, 0.15) is 41.4 Å². The number of nitrogens with one attached hydrogen (secondary N) is 1. The number of nitrogens with zero attached hydrogens (tertiary/aromatic N) is 1. The molecule has 130 valence electrons. The van der Waals surface area contributed by atoms with Crippen molar-refractivity contribution in [2.75, 3.05) is 6.54 Å². The van der Waals surface area contributed by atoms with Crippen molar-refractivity contribution in [3.63, 3.8) is 0 Å². The molecule has 1 saturated carbocycles. The van der Waals surface area contributed by atoms with Gasteiger partial charge in [-0.15, -0.1) is 0 Å². The van der Waals surface area contributed by atoms with E-state index in [1.807, 2.05) is 0 Å². The minimum absolute atomic E-state index is 0.132. The van der Waals surface area contributed by atoms with Gasteiger partial charge in [0.05, 0.1) is 4.90 Å². The first-order valence-electron chi connectivity index (χ1n) is 8.22. The third-order valence-corrected chi connectivity index (χ3v) is 6.24. The monoisotopic (exact) mass is 350 g/mol. The number of aryl methyl sites for hydroxylation is 2. The van der Waals surface area contributed by atoms with E-state index in [0.29, 0.717) is 24.6 Å². The Morgan fingerprint density at radius 3 is 2.54 bits per heavy atom. The van der Waals surface area contributed by atoms with Crippen LogP contribution in [0.15, 0.2) is 29.2 Å². The minimum Gasteiger partial charge on any atom is -0.346 e. The Labute approximate surface area is 142 Å². The lowest BCUT2D eigenvalue weighted by Gasteiger charge is -2.10. The van der Waals surface area contributed by atoms with Crippen LogP contribution in [-0.2, 0) is 16.4 Å². The van der Waals surface area contributed by atoms with Crippen LogP contribution < -0.4 is 4.72 Å². The zero-order valence-electron chi connectivity index (χ0n) is 14.3. The van der Waals surface area contributed by atoms with E-state index in [0.717, 1.165) is 0 Å². The largest absolute Gasteiger partial charge is 0.346 e. The Bertz CT molecular complexity index is 867. The molecule has 0 unspecified atom stereocenters. The van der Waals surface area contributed by atoms with Crippen LogP contribution in [0.2, 0.25) is 0 Å². The Morgan fingerprint density at radius 1 is 1.21 bits per heavy atom. The van der Waals surface area contributed by atoms with Gasteiger partial charge in [0.15, 0.2) is 0 Å². The average Bonchev–Trinajstić information content (AvgIpc) is 3.26. The number of halogens is 1. The predicted octanol–water partition coefficient (Wildman–Crippen LogP) is 3.41. The summed E-state index contributed by atoms with van der Waals surface area (Å²) in [5.74, 6) is -0.432. The maximum absolute atomic E-state index is 13.1. The highest BCUT2D eigenvalue weighted by molar-refractivity contribution is 7.89. The lowest BCUT2D eigenvalue weighted by atomic mass is 10.2. The second-order valence-corrected chi connectivity index (χ2v) is 8.29. The van der Waals surface area contributed by atoms with Crippen molar-refractivity contribution in [1.29, 1.82) is 0 Å². The highest BCUT2D eigenvalue weighted by atomic mass is 32.2. The van der Waals surface area contributed by atoms with E-state index in [9.17, 15) is 12.8 Å². The van der Waals surface area contributed by atoms with Gasteiger partial charge < -0.3 is 4.57 Å². The highest BCUT2D eigenvalue weighted by Gasteiger charge is 2.27. The Kier molecular flexibility index (Phi) is 4.53. The van der Waals surface area contributed by atoms with Crippen LogP contribution in [0.5, 0.6) is 0 Å². The molecule has 4 nitrogen and oxygen atoms in total. The van der Waals surface area contributed by atoms with E-state index < -0.39 is 15.8 Å². The maximum atomic E-state index is 13.1. The predicted molar refractivity (Wildman–Crippen MR) is 92.2 cm³/mol. The van der Waals surface area contributed by atoms with Gasteiger partial charge in [-0.2, -0.15) is 0 Å². The van der Waals surface area contributed by atoms with Gasteiger partial charge in [-0.3, -0.25) is 0 Å². The van der Waals surface area contributed by atoms with Crippen LogP contribution in [-0.4, -0.2) is 19.5 Å². The Morgan fingerprint density at radius 2 is 1.92 bits per heavy atom. The first-order valence-corrected chi connectivity index (χ1v) is 9.71. The van der Waals surface area contributed by atoms with Gasteiger partial charge in [-0.1, -0.05) is 0 Å². The summed E-state index contributed by atoms with van der Waals surface area (Å²) in [6.07, 6.45) is 3.10. The van der Waals surface area contributed by atoms with Crippen molar-refractivity contribution in [2.24, 2.45) is 0 Å². The molecule has 1 aliphatic carbocycles. The van der Waals surface area contributed by atoms with E-state index in [-0.39, 0.29) is 4.90 Å². The first-order chi connectivity index (χ1) is 11.3. The van der Waals surface area contributed by atoms with Crippen molar-refractivity contribution in [3.8, 4) is 0 Å². The fourth-order valence-electron chi connectivity index (χ4n) is 3.31. The summed E-state index contributed by atoms with van der Waals surface area (Å²) in [5, 5.41) is 0. The summed E-state index contributed by atoms with van der Waals surface area (Å²) in [6.45, 7) is 6.12. The van der Waals surface area contributed by atoms with E-state index in [4.69, 9.17) is 0 Å². The third kappa shape index (κ3) is 3.39. The SMILES string of the molecule is Cc1cc(F)ccc1S(=O)(=O)NCCc1cc(C)n(C2CC2)c1C. The van der Waals surface area contributed by atoms with Gasteiger partial charge in [0.25, 0.3) is 0 Å². The fraction of sp³-hybridized carbons (Fsp3) is 0.444. The van der Waals surface area contributed by atoms with Gasteiger partial charge in [0.1, 0.15) is 5.82 Å². The molecule has 1 heterocycles. The van der Waals surface area contributed by atoms with Crippen molar-refractivity contribution in [3.05, 3.63) is 52.6 Å². The molecular weight excluding hydrogens is 327 g/mol.